The molecule has 3 N–H and O–H groups in total. The van der Waals surface area contributed by atoms with Crippen LogP contribution in [0.25, 0.3) is 11.1 Å². The number of fused-ring (bicyclic) bond motifs is 3. The highest BCUT2D eigenvalue weighted by atomic mass is 32.1. The predicted molar refractivity (Wildman–Crippen MR) is 128 cm³/mol. The van der Waals surface area contributed by atoms with Crippen LogP contribution in [0.5, 0.6) is 0 Å². The maximum Gasteiger partial charge on any atom is 0.407 e. The Hall–Kier alpha value is -3.72. The first-order chi connectivity index (χ1) is 16.3. The Labute approximate surface area is 201 Å². The molecular formula is C25H25N3O5S. The number of aromatic nitrogens is 1. The highest BCUT2D eigenvalue weighted by molar-refractivity contribution is 7.09. The van der Waals surface area contributed by atoms with Gasteiger partial charge in [-0.25, -0.2) is 9.78 Å². The molecule has 1 aromatic heterocycles. The number of nitrogens with one attached hydrogen (secondary N) is 2. The Morgan fingerprint density at radius 2 is 1.65 bits per heavy atom. The van der Waals surface area contributed by atoms with Crippen LogP contribution in [-0.4, -0.2) is 40.7 Å². The van der Waals surface area contributed by atoms with Crippen LogP contribution in [0.15, 0.2) is 53.9 Å². The molecule has 2 unspecified atom stereocenters. The SMILES string of the molecule is CC(CC(=O)O)NC(=O)c1csc(C(C)NC(=O)OCC2c3ccccc3-c3ccccc32)n1. The summed E-state index contributed by atoms with van der Waals surface area (Å²) in [4.78, 5) is 39.8. The van der Waals surface area contributed by atoms with Gasteiger partial charge in [0.1, 0.15) is 17.3 Å². The first-order valence-corrected chi connectivity index (χ1v) is 11.8. The topological polar surface area (TPSA) is 118 Å². The Morgan fingerprint density at radius 3 is 2.26 bits per heavy atom. The number of carbonyl (C=O) groups is 3. The lowest BCUT2D eigenvalue weighted by molar-refractivity contribution is -0.137. The zero-order chi connectivity index (χ0) is 24.2. The summed E-state index contributed by atoms with van der Waals surface area (Å²) in [6.45, 7) is 3.58. The van der Waals surface area contributed by atoms with Crippen LogP contribution in [0.3, 0.4) is 0 Å². The Bertz CT molecular complexity index is 1180. The summed E-state index contributed by atoms with van der Waals surface area (Å²) < 4.78 is 5.57. The van der Waals surface area contributed by atoms with Gasteiger partial charge in [0.05, 0.1) is 12.5 Å². The van der Waals surface area contributed by atoms with E-state index in [2.05, 4.69) is 39.9 Å². The molecule has 1 aliphatic carbocycles. The molecule has 0 saturated heterocycles. The third-order valence-corrected chi connectivity index (χ3v) is 6.69. The van der Waals surface area contributed by atoms with E-state index in [4.69, 9.17) is 9.84 Å². The first kappa shape index (κ1) is 23.4. The number of benzene rings is 2. The van der Waals surface area contributed by atoms with Gasteiger partial charge in [-0.3, -0.25) is 9.59 Å². The molecule has 1 aliphatic rings. The van der Waals surface area contributed by atoms with Crippen molar-refractivity contribution in [1.29, 1.82) is 0 Å². The van der Waals surface area contributed by atoms with Gasteiger partial charge in [0, 0.05) is 17.3 Å². The van der Waals surface area contributed by atoms with Crippen molar-refractivity contribution in [2.45, 2.75) is 38.3 Å². The van der Waals surface area contributed by atoms with Gasteiger partial charge < -0.3 is 20.5 Å². The fraction of sp³-hybridized carbons (Fsp3) is 0.280. The number of hydrogen-bond acceptors (Lipinski definition) is 6. The first-order valence-electron chi connectivity index (χ1n) is 10.9. The van der Waals surface area contributed by atoms with Gasteiger partial charge in [-0.05, 0) is 36.1 Å². The number of rotatable bonds is 8. The number of hydrogen-bond donors (Lipinski definition) is 3. The van der Waals surface area contributed by atoms with Crippen molar-refractivity contribution in [3.05, 3.63) is 75.7 Å². The minimum Gasteiger partial charge on any atom is -0.481 e. The molecule has 1 heterocycles. The summed E-state index contributed by atoms with van der Waals surface area (Å²) in [6, 6.07) is 15.3. The van der Waals surface area contributed by atoms with Gasteiger partial charge in [0.15, 0.2) is 0 Å². The number of thiazole rings is 1. The van der Waals surface area contributed by atoms with Gasteiger partial charge in [-0.2, -0.15) is 0 Å². The molecule has 2 aromatic carbocycles. The average Bonchev–Trinajstić information content (AvgIpc) is 3.41. The number of alkyl carbamates (subject to hydrolysis) is 1. The summed E-state index contributed by atoms with van der Waals surface area (Å²) in [5, 5.41) is 16.3. The van der Waals surface area contributed by atoms with Crippen LogP contribution in [-0.2, 0) is 9.53 Å². The molecule has 8 nitrogen and oxygen atoms in total. The molecule has 34 heavy (non-hydrogen) atoms. The average molecular weight is 480 g/mol. The molecule has 0 bridgehead atoms. The maximum atomic E-state index is 12.5. The Morgan fingerprint density at radius 1 is 1.03 bits per heavy atom. The van der Waals surface area contributed by atoms with E-state index in [9.17, 15) is 14.4 Å². The van der Waals surface area contributed by atoms with Crippen molar-refractivity contribution in [2.75, 3.05) is 6.61 Å². The molecule has 0 aliphatic heterocycles. The number of nitrogens with zero attached hydrogens (tertiary/aromatic N) is 1. The van der Waals surface area contributed by atoms with Crippen LogP contribution in [0.1, 0.15) is 58.9 Å². The zero-order valence-electron chi connectivity index (χ0n) is 18.8. The van der Waals surface area contributed by atoms with Crippen LogP contribution < -0.4 is 10.6 Å². The Kier molecular flexibility index (Phi) is 6.93. The molecule has 3 aromatic rings. The van der Waals surface area contributed by atoms with Gasteiger partial charge in [0.25, 0.3) is 5.91 Å². The van der Waals surface area contributed by atoms with E-state index >= 15 is 0 Å². The summed E-state index contributed by atoms with van der Waals surface area (Å²) in [5.41, 5.74) is 4.77. The predicted octanol–water partition coefficient (Wildman–Crippen LogP) is 4.34. The van der Waals surface area contributed by atoms with Crippen molar-refractivity contribution in [3.8, 4) is 11.1 Å². The largest absolute Gasteiger partial charge is 0.481 e. The number of ether oxygens (including phenoxy) is 1. The van der Waals surface area contributed by atoms with Crippen LogP contribution in [0.2, 0.25) is 0 Å². The molecule has 176 valence electrons. The number of amides is 2. The number of carboxylic acid groups (broad SMARTS) is 1. The molecule has 0 fully saturated rings. The van der Waals surface area contributed by atoms with Crippen molar-refractivity contribution >= 4 is 29.3 Å². The van der Waals surface area contributed by atoms with E-state index in [1.54, 1.807) is 19.2 Å². The van der Waals surface area contributed by atoms with E-state index in [1.165, 1.54) is 11.3 Å². The number of carboxylic acids is 1. The van der Waals surface area contributed by atoms with Crippen LogP contribution >= 0.6 is 11.3 Å². The fourth-order valence-corrected chi connectivity index (χ4v) is 4.89. The van der Waals surface area contributed by atoms with Crippen molar-refractivity contribution in [1.82, 2.24) is 15.6 Å². The lowest BCUT2D eigenvalue weighted by Crippen LogP contribution is -2.34. The molecular weight excluding hydrogens is 454 g/mol. The highest BCUT2D eigenvalue weighted by Crippen LogP contribution is 2.44. The summed E-state index contributed by atoms with van der Waals surface area (Å²) >= 11 is 1.24. The van der Waals surface area contributed by atoms with E-state index in [0.717, 1.165) is 22.3 Å². The van der Waals surface area contributed by atoms with Gasteiger partial charge in [0.2, 0.25) is 0 Å². The third-order valence-electron chi connectivity index (χ3n) is 5.66. The third kappa shape index (κ3) is 5.09. The van der Waals surface area contributed by atoms with E-state index in [1.807, 2.05) is 24.3 Å². The summed E-state index contributed by atoms with van der Waals surface area (Å²) in [6.07, 6.45) is -0.742. The lowest BCUT2D eigenvalue weighted by atomic mass is 9.98. The van der Waals surface area contributed by atoms with Crippen LogP contribution in [0.4, 0.5) is 4.79 Å². The molecule has 0 spiro atoms. The molecule has 2 amide bonds. The van der Waals surface area contributed by atoms with Crippen molar-refractivity contribution < 1.29 is 24.2 Å². The molecule has 0 saturated carbocycles. The quantitative estimate of drug-likeness (QED) is 0.443. The Balaban J connectivity index is 1.34. The second-order valence-corrected chi connectivity index (χ2v) is 9.12. The molecule has 0 radical (unpaired) electrons. The van der Waals surface area contributed by atoms with E-state index in [0.29, 0.717) is 5.01 Å². The van der Waals surface area contributed by atoms with Crippen molar-refractivity contribution in [2.24, 2.45) is 0 Å². The summed E-state index contributed by atoms with van der Waals surface area (Å²) in [7, 11) is 0. The molecule has 4 rings (SSSR count). The monoisotopic (exact) mass is 479 g/mol. The normalized spacial score (nSPS) is 13.9. The highest BCUT2D eigenvalue weighted by Gasteiger charge is 2.29. The number of carbonyl (C=O) groups excluding carboxylic acids is 2. The van der Waals surface area contributed by atoms with Gasteiger partial charge in [-0.1, -0.05) is 48.5 Å². The second kappa shape index (κ2) is 10.0. The van der Waals surface area contributed by atoms with Crippen LogP contribution in [0, 0.1) is 0 Å². The number of aliphatic carboxylic acids is 1. The molecule has 2 atom stereocenters. The van der Waals surface area contributed by atoms with Gasteiger partial charge >= 0.3 is 12.1 Å². The van der Waals surface area contributed by atoms with Crippen molar-refractivity contribution in [3.63, 3.8) is 0 Å². The minimum absolute atomic E-state index is 0.0311. The summed E-state index contributed by atoms with van der Waals surface area (Å²) in [5.74, 6) is -1.48. The lowest BCUT2D eigenvalue weighted by Gasteiger charge is -2.16. The smallest absolute Gasteiger partial charge is 0.407 e. The minimum atomic E-state index is -0.993. The van der Waals surface area contributed by atoms with Gasteiger partial charge in [-0.15, -0.1) is 11.3 Å². The standard InChI is InChI=1S/C25H25N3O5S/c1-14(11-22(29)30)26-23(31)21-13-34-24(28-21)15(2)27-25(32)33-12-20-18-9-5-3-7-16(18)17-8-4-6-10-19(17)20/h3-10,13-15,20H,11-12H2,1-2H3,(H,26,31)(H,27,32)(H,29,30). The van der Waals surface area contributed by atoms with E-state index in [-0.39, 0.29) is 24.6 Å². The maximum absolute atomic E-state index is 12.5. The zero-order valence-corrected chi connectivity index (χ0v) is 19.6. The second-order valence-electron chi connectivity index (χ2n) is 8.23. The fourth-order valence-electron chi connectivity index (χ4n) is 4.08. The van der Waals surface area contributed by atoms with E-state index < -0.39 is 30.1 Å². The molecule has 9 heteroatoms.